The molecular weight excluding hydrogens is 357 g/mol. The molecule has 1 aliphatic heterocycles. The molecule has 1 amide bonds. The van der Waals surface area contributed by atoms with Crippen LogP contribution in [0, 0.1) is 12.7 Å². The summed E-state index contributed by atoms with van der Waals surface area (Å²) in [7, 11) is 1.64. The Labute approximate surface area is 163 Å². The van der Waals surface area contributed by atoms with Gasteiger partial charge in [-0.25, -0.2) is 9.07 Å². The normalized spacial score (nSPS) is 16.4. The Balaban J connectivity index is 1.63. The number of para-hydroxylation sites is 1. The topological polar surface area (TPSA) is 47.4 Å². The van der Waals surface area contributed by atoms with Crippen molar-refractivity contribution in [1.29, 1.82) is 0 Å². The van der Waals surface area contributed by atoms with Crippen LogP contribution in [0.25, 0.3) is 5.69 Å². The number of aromatic nitrogens is 2. The number of hydrogen-bond donors (Lipinski definition) is 0. The molecular formula is C22H22FN3O2. The Morgan fingerprint density at radius 3 is 2.64 bits per heavy atom. The van der Waals surface area contributed by atoms with Gasteiger partial charge in [-0.15, -0.1) is 0 Å². The molecule has 1 saturated heterocycles. The van der Waals surface area contributed by atoms with Crippen molar-refractivity contribution in [2.45, 2.75) is 25.8 Å². The first-order chi connectivity index (χ1) is 13.6. The van der Waals surface area contributed by atoms with Crippen molar-refractivity contribution in [2.24, 2.45) is 0 Å². The van der Waals surface area contributed by atoms with E-state index in [1.165, 1.54) is 16.9 Å². The third kappa shape index (κ3) is 3.15. The third-order valence-corrected chi connectivity index (χ3v) is 5.34. The highest BCUT2D eigenvalue weighted by Crippen LogP contribution is 2.34. The summed E-state index contributed by atoms with van der Waals surface area (Å²) in [6, 6.07) is 14.3. The largest absolute Gasteiger partial charge is 0.497 e. The summed E-state index contributed by atoms with van der Waals surface area (Å²) in [4.78, 5) is 15.1. The van der Waals surface area contributed by atoms with E-state index in [1.807, 2.05) is 29.2 Å². The molecule has 5 nitrogen and oxygen atoms in total. The molecule has 0 radical (unpaired) electrons. The first kappa shape index (κ1) is 18.2. The second-order valence-corrected chi connectivity index (χ2v) is 6.94. The summed E-state index contributed by atoms with van der Waals surface area (Å²) < 4.78 is 20.9. The van der Waals surface area contributed by atoms with E-state index in [1.54, 1.807) is 32.2 Å². The van der Waals surface area contributed by atoms with Crippen LogP contribution in [0.1, 0.15) is 40.5 Å². The van der Waals surface area contributed by atoms with E-state index in [4.69, 9.17) is 4.74 Å². The van der Waals surface area contributed by atoms with Crippen LogP contribution in [0.2, 0.25) is 0 Å². The van der Waals surface area contributed by atoms with Crippen LogP contribution in [0.5, 0.6) is 5.75 Å². The van der Waals surface area contributed by atoms with Gasteiger partial charge >= 0.3 is 0 Å². The van der Waals surface area contributed by atoms with Gasteiger partial charge in [-0.2, -0.15) is 5.10 Å². The van der Waals surface area contributed by atoms with Crippen LogP contribution in [0.3, 0.4) is 0 Å². The van der Waals surface area contributed by atoms with Crippen molar-refractivity contribution in [2.75, 3.05) is 13.7 Å². The van der Waals surface area contributed by atoms with Crippen LogP contribution < -0.4 is 4.74 Å². The van der Waals surface area contributed by atoms with E-state index >= 15 is 0 Å². The second kappa shape index (κ2) is 7.46. The average molecular weight is 379 g/mol. The smallest absolute Gasteiger partial charge is 0.257 e. The number of carbonyl (C=O) groups excluding carboxylic acids is 1. The van der Waals surface area contributed by atoms with Crippen LogP contribution in [0.4, 0.5) is 4.39 Å². The molecule has 2 heterocycles. The molecule has 144 valence electrons. The number of hydrogen-bond acceptors (Lipinski definition) is 3. The number of halogens is 1. The monoisotopic (exact) mass is 379 g/mol. The van der Waals surface area contributed by atoms with Crippen molar-refractivity contribution in [3.8, 4) is 11.4 Å². The summed E-state index contributed by atoms with van der Waals surface area (Å²) in [5.74, 6) is 0.352. The minimum absolute atomic E-state index is 0.0228. The van der Waals surface area contributed by atoms with E-state index in [2.05, 4.69) is 5.10 Å². The Hall–Kier alpha value is -3.15. The van der Waals surface area contributed by atoms with Gasteiger partial charge in [0.25, 0.3) is 5.91 Å². The van der Waals surface area contributed by atoms with Gasteiger partial charge in [-0.1, -0.05) is 24.3 Å². The number of amides is 1. The summed E-state index contributed by atoms with van der Waals surface area (Å²) >= 11 is 0. The highest BCUT2D eigenvalue weighted by atomic mass is 19.1. The molecule has 1 unspecified atom stereocenters. The van der Waals surface area contributed by atoms with Crippen molar-refractivity contribution >= 4 is 5.91 Å². The van der Waals surface area contributed by atoms with E-state index in [9.17, 15) is 9.18 Å². The van der Waals surface area contributed by atoms with Gasteiger partial charge in [0.15, 0.2) is 0 Å². The van der Waals surface area contributed by atoms with Gasteiger partial charge in [0, 0.05) is 6.54 Å². The van der Waals surface area contributed by atoms with Crippen LogP contribution in [-0.4, -0.2) is 34.2 Å². The van der Waals surface area contributed by atoms with Crippen LogP contribution in [0.15, 0.2) is 54.7 Å². The molecule has 1 fully saturated rings. The van der Waals surface area contributed by atoms with Crippen molar-refractivity contribution in [3.63, 3.8) is 0 Å². The van der Waals surface area contributed by atoms with Gasteiger partial charge in [-0.05, 0) is 49.6 Å². The molecule has 1 atom stereocenters. The van der Waals surface area contributed by atoms with Gasteiger partial charge in [-0.3, -0.25) is 4.79 Å². The predicted molar refractivity (Wildman–Crippen MR) is 104 cm³/mol. The number of likely N-dealkylation sites (tertiary alicyclic amines) is 1. The maximum atomic E-state index is 14.1. The number of nitrogens with zero attached hydrogens (tertiary/aromatic N) is 3. The lowest BCUT2D eigenvalue weighted by molar-refractivity contribution is 0.0735. The van der Waals surface area contributed by atoms with Gasteiger partial charge in [0.05, 0.1) is 30.6 Å². The Bertz CT molecular complexity index is 997. The third-order valence-electron chi connectivity index (χ3n) is 5.34. The maximum absolute atomic E-state index is 14.1. The van der Waals surface area contributed by atoms with E-state index < -0.39 is 0 Å². The lowest BCUT2D eigenvalue weighted by Crippen LogP contribution is -2.30. The molecule has 0 aliphatic carbocycles. The van der Waals surface area contributed by atoms with E-state index in [0.29, 0.717) is 23.5 Å². The zero-order valence-corrected chi connectivity index (χ0v) is 15.9. The molecule has 0 N–H and O–H groups in total. The lowest BCUT2D eigenvalue weighted by atomic mass is 10.0. The van der Waals surface area contributed by atoms with Crippen LogP contribution in [-0.2, 0) is 0 Å². The SMILES string of the molecule is COc1ccc(C2CCCN2C(=O)c2cnn(-c3ccccc3F)c2C)cc1. The fraction of sp³-hybridized carbons (Fsp3) is 0.273. The predicted octanol–water partition coefficient (Wildman–Crippen LogP) is 4.31. The lowest BCUT2D eigenvalue weighted by Gasteiger charge is -2.25. The molecule has 2 aromatic carbocycles. The molecule has 0 spiro atoms. The highest BCUT2D eigenvalue weighted by Gasteiger charge is 2.32. The van der Waals surface area contributed by atoms with Crippen molar-refractivity contribution < 1.29 is 13.9 Å². The Morgan fingerprint density at radius 2 is 1.93 bits per heavy atom. The number of carbonyl (C=O) groups is 1. The quantitative estimate of drug-likeness (QED) is 0.679. The molecule has 0 bridgehead atoms. The molecule has 3 aromatic rings. The fourth-order valence-electron chi connectivity index (χ4n) is 3.82. The number of methoxy groups -OCH3 is 1. The summed E-state index contributed by atoms with van der Waals surface area (Å²) in [5, 5.41) is 4.27. The van der Waals surface area contributed by atoms with E-state index in [0.717, 1.165) is 24.2 Å². The fourth-order valence-corrected chi connectivity index (χ4v) is 3.82. The zero-order chi connectivity index (χ0) is 19.7. The van der Waals surface area contributed by atoms with Crippen LogP contribution >= 0.6 is 0 Å². The average Bonchev–Trinajstić information content (AvgIpc) is 3.35. The first-order valence-electron chi connectivity index (χ1n) is 9.34. The molecule has 4 rings (SSSR count). The minimum Gasteiger partial charge on any atom is -0.497 e. The maximum Gasteiger partial charge on any atom is 0.257 e. The van der Waals surface area contributed by atoms with Gasteiger partial charge < -0.3 is 9.64 Å². The molecule has 6 heteroatoms. The zero-order valence-electron chi connectivity index (χ0n) is 15.9. The van der Waals surface area contributed by atoms with Crippen molar-refractivity contribution in [1.82, 2.24) is 14.7 Å². The summed E-state index contributed by atoms with van der Waals surface area (Å²) in [6.07, 6.45) is 3.40. The van der Waals surface area contributed by atoms with Gasteiger partial charge in [0.2, 0.25) is 0 Å². The summed E-state index contributed by atoms with van der Waals surface area (Å²) in [5.41, 5.74) is 2.57. The first-order valence-corrected chi connectivity index (χ1v) is 9.34. The number of ether oxygens (including phenoxy) is 1. The molecule has 1 aromatic heterocycles. The summed E-state index contributed by atoms with van der Waals surface area (Å²) in [6.45, 7) is 2.49. The van der Waals surface area contributed by atoms with Crippen molar-refractivity contribution in [3.05, 3.63) is 77.4 Å². The number of benzene rings is 2. The Morgan fingerprint density at radius 1 is 1.18 bits per heavy atom. The molecule has 1 aliphatic rings. The second-order valence-electron chi connectivity index (χ2n) is 6.94. The highest BCUT2D eigenvalue weighted by molar-refractivity contribution is 5.95. The van der Waals surface area contributed by atoms with E-state index in [-0.39, 0.29) is 17.8 Å². The number of rotatable bonds is 4. The molecule has 28 heavy (non-hydrogen) atoms. The van der Waals surface area contributed by atoms with Gasteiger partial charge in [0.1, 0.15) is 17.3 Å². The standard InChI is InChI=1S/C22H22FN3O2/c1-15-18(14-24-26(15)21-7-4-3-6-19(21)23)22(27)25-13-5-8-20(25)16-9-11-17(28-2)12-10-16/h3-4,6-7,9-12,14,20H,5,8,13H2,1-2H3. The minimum atomic E-state index is -0.370. The molecule has 0 saturated carbocycles. The Kier molecular flexibility index (Phi) is 4.86.